The average molecular weight is 380 g/mol. The molecular weight excluding hydrogens is 352 g/mol. The maximum atomic E-state index is 12.4. The number of amides is 1. The molecule has 3 rings (SSSR count). The Balaban J connectivity index is 1.95. The van der Waals surface area contributed by atoms with Crippen molar-refractivity contribution in [3.05, 3.63) is 65.2 Å². The monoisotopic (exact) mass is 380 g/mol. The van der Waals surface area contributed by atoms with Crippen molar-refractivity contribution in [3.8, 4) is 0 Å². The molecule has 3 atom stereocenters. The van der Waals surface area contributed by atoms with Gasteiger partial charge in [-0.25, -0.2) is 4.79 Å². The highest BCUT2D eigenvalue weighted by Gasteiger charge is 2.29. The zero-order valence-electron chi connectivity index (χ0n) is 16.5. The molecule has 2 aromatic carbocycles. The van der Waals surface area contributed by atoms with Crippen molar-refractivity contribution in [2.75, 3.05) is 18.0 Å². The van der Waals surface area contributed by atoms with Gasteiger partial charge in [0.1, 0.15) is 0 Å². The van der Waals surface area contributed by atoms with Crippen molar-refractivity contribution in [2.24, 2.45) is 11.7 Å². The number of carboxylic acid groups (broad SMARTS) is 1. The van der Waals surface area contributed by atoms with Crippen molar-refractivity contribution in [2.45, 2.75) is 38.5 Å². The van der Waals surface area contributed by atoms with E-state index in [1.165, 1.54) is 25.0 Å². The van der Waals surface area contributed by atoms with E-state index in [-0.39, 0.29) is 11.5 Å². The van der Waals surface area contributed by atoms with Gasteiger partial charge in [-0.15, -0.1) is 0 Å². The lowest BCUT2D eigenvalue weighted by molar-refractivity contribution is -0.119. The number of primary amides is 1. The predicted octanol–water partition coefficient (Wildman–Crippen LogP) is 3.99. The molecule has 3 unspecified atom stereocenters. The Morgan fingerprint density at radius 3 is 2.43 bits per heavy atom. The maximum absolute atomic E-state index is 12.4. The van der Waals surface area contributed by atoms with Crippen molar-refractivity contribution in [3.63, 3.8) is 0 Å². The fourth-order valence-corrected chi connectivity index (χ4v) is 4.28. The molecule has 0 saturated carbocycles. The molecule has 3 N–H and O–H groups in total. The van der Waals surface area contributed by atoms with Gasteiger partial charge in [0, 0.05) is 18.8 Å². The maximum Gasteiger partial charge on any atom is 0.335 e. The predicted molar refractivity (Wildman–Crippen MR) is 111 cm³/mol. The third kappa shape index (κ3) is 4.19. The van der Waals surface area contributed by atoms with Crippen LogP contribution in [-0.4, -0.2) is 30.1 Å². The first-order valence-electron chi connectivity index (χ1n) is 9.85. The summed E-state index contributed by atoms with van der Waals surface area (Å²) in [5, 5.41) is 9.12. The summed E-state index contributed by atoms with van der Waals surface area (Å²) in [6, 6.07) is 14.7. The Hall–Kier alpha value is -2.82. The van der Waals surface area contributed by atoms with E-state index in [0.29, 0.717) is 5.92 Å². The molecule has 0 spiro atoms. The normalized spacial score (nSPS) is 19.1. The summed E-state index contributed by atoms with van der Waals surface area (Å²) >= 11 is 0. The second-order valence-electron chi connectivity index (χ2n) is 7.85. The zero-order chi connectivity index (χ0) is 20.3. The van der Waals surface area contributed by atoms with Gasteiger partial charge in [0.05, 0.1) is 11.5 Å². The van der Waals surface area contributed by atoms with E-state index < -0.39 is 17.8 Å². The van der Waals surface area contributed by atoms with Crippen LogP contribution in [0.15, 0.2) is 48.5 Å². The van der Waals surface area contributed by atoms with Crippen LogP contribution in [0.2, 0.25) is 0 Å². The van der Waals surface area contributed by atoms with Gasteiger partial charge < -0.3 is 15.7 Å². The number of rotatable bonds is 6. The van der Waals surface area contributed by atoms with Gasteiger partial charge in [-0.3, -0.25) is 4.79 Å². The van der Waals surface area contributed by atoms with Gasteiger partial charge in [0.25, 0.3) is 0 Å². The number of carbonyl (C=O) groups is 2. The molecule has 0 aromatic heterocycles. The van der Waals surface area contributed by atoms with Crippen LogP contribution >= 0.6 is 0 Å². The topological polar surface area (TPSA) is 83.6 Å². The summed E-state index contributed by atoms with van der Waals surface area (Å²) in [6.07, 6.45) is 2.41. The SMILES string of the molecule is CC1CCCN(c2ccccc2C(C)C(C(N)=O)c2ccc(C(=O)O)cc2)C1. The minimum absolute atomic E-state index is 0.124. The Morgan fingerprint density at radius 2 is 1.82 bits per heavy atom. The smallest absolute Gasteiger partial charge is 0.335 e. The van der Waals surface area contributed by atoms with Crippen LogP contribution in [0.4, 0.5) is 5.69 Å². The first kappa shape index (κ1) is 19.9. The second-order valence-corrected chi connectivity index (χ2v) is 7.85. The quantitative estimate of drug-likeness (QED) is 0.793. The third-order valence-electron chi connectivity index (χ3n) is 5.75. The molecule has 1 heterocycles. The van der Waals surface area contributed by atoms with Gasteiger partial charge >= 0.3 is 5.97 Å². The Labute approximate surface area is 166 Å². The van der Waals surface area contributed by atoms with E-state index in [0.717, 1.165) is 29.9 Å². The van der Waals surface area contributed by atoms with Gasteiger partial charge in [0.15, 0.2) is 0 Å². The minimum atomic E-state index is -0.986. The standard InChI is InChI=1S/C23H28N2O3/c1-15-6-5-13-25(14-15)20-8-4-3-7-19(20)16(2)21(22(24)26)17-9-11-18(12-10-17)23(27)28/h3-4,7-12,15-16,21H,5-6,13-14H2,1-2H3,(H2,24,26)(H,27,28). The van der Waals surface area contributed by atoms with Gasteiger partial charge in [-0.05, 0) is 54.0 Å². The van der Waals surface area contributed by atoms with Crippen molar-refractivity contribution < 1.29 is 14.7 Å². The summed E-state index contributed by atoms with van der Waals surface area (Å²) in [5.41, 5.74) is 8.99. The van der Waals surface area contributed by atoms with Crippen LogP contribution in [0.1, 0.15) is 60.0 Å². The van der Waals surface area contributed by atoms with E-state index in [2.05, 4.69) is 24.0 Å². The van der Waals surface area contributed by atoms with Crippen LogP contribution in [0.5, 0.6) is 0 Å². The van der Waals surface area contributed by atoms with E-state index >= 15 is 0 Å². The summed E-state index contributed by atoms with van der Waals surface area (Å²) in [4.78, 5) is 25.9. The van der Waals surface area contributed by atoms with Gasteiger partial charge in [0.2, 0.25) is 5.91 Å². The molecule has 1 amide bonds. The number of carbonyl (C=O) groups excluding carboxylic acids is 1. The number of benzene rings is 2. The van der Waals surface area contributed by atoms with Crippen LogP contribution in [0, 0.1) is 5.92 Å². The molecule has 2 aromatic rings. The van der Waals surface area contributed by atoms with Crippen LogP contribution in [0.25, 0.3) is 0 Å². The van der Waals surface area contributed by atoms with Crippen molar-refractivity contribution in [1.82, 2.24) is 0 Å². The molecule has 1 fully saturated rings. The summed E-state index contributed by atoms with van der Waals surface area (Å²) in [5.74, 6) is -1.39. The third-order valence-corrected chi connectivity index (χ3v) is 5.75. The summed E-state index contributed by atoms with van der Waals surface area (Å²) in [6.45, 7) is 6.32. The highest BCUT2D eigenvalue weighted by Crippen LogP contribution is 2.38. The fourth-order valence-electron chi connectivity index (χ4n) is 4.28. The number of nitrogens with zero attached hydrogens (tertiary/aromatic N) is 1. The van der Waals surface area contributed by atoms with Crippen LogP contribution in [0.3, 0.4) is 0 Å². The number of aromatic carboxylic acids is 1. The van der Waals surface area contributed by atoms with Crippen molar-refractivity contribution >= 4 is 17.6 Å². The zero-order valence-corrected chi connectivity index (χ0v) is 16.5. The lowest BCUT2D eigenvalue weighted by atomic mass is 9.81. The summed E-state index contributed by atoms with van der Waals surface area (Å²) < 4.78 is 0. The van der Waals surface area contributed by atoms with Crippen LogP contribution in [-0.2, 0) is 4.79 Å². The lowest BCUT2D eigenvalue weighted by Gasteiger charge is -2.36. The molecule has 148 valence electrons. The molecule has 1 saturated heterocycles. The second kappa shape index (κ2) is 8.46. The number of hydrogen-bond donors (Lipinski definition) is 2. The average Bonchev–Trinajstić information content (AvgIpc) is 2.68. The molecule has 5 nitrogen and oxygen atoms in total. The van der Waals surface area contributed by atoms with E-state index in [1.54, 1.807) is 12.1 Å². The van der Waals surface area contributed by atoms with Gasteiger partial charge in [-0.2, -0.15) is 0 Å². The fraction of sp³-hybridized carbons (Fsp3) is 0.391. The number of nitrogens with two attached hydrogens (primary N) is 1. The number of piperidine rings is 1. The first-order valence-corrected chi connectivity index (χ1v) is 9.85. The molecule has 5 heteroatoms. The van der Waals surface area contributed by atoms with E-state index in [4.69, 9.17) is 10.8 Å². The molecule has 1 aliphatic rings. The molecule has 0 aliphatic carbocycles. The molecular formula is C23H28N2O3. The van der Waals surface area contributed by atoms with E-state index in [9.17, 15) is 9.59 Å². The Kier molecular flexibility index (Phi) is 6.02. The number of carboxylic acids is 1. The minimum Gasteiger partial charge on any atom is -0.478 e. The summed E-state index contributed by atoms with van der Waals surface area (Å²) in [7, 11) is 0. The molecule has 28 heavy (non-hydrogen) atoms. The number of hydrogen-bond acceptors (Lipinski definition) is 3. The number of anilines is 1. The Bertz CT molecular complexity index is 847. The Morgan fingerprint density at radius 1 is 1.14 bits per heavy atom. The molecule has 1 aliphatic heterocycles. The highest BCUT2D eigenvalue weighted by molar-refractivity contribution is 5.88. The lowest BCUT2D eigenvalue weighted by Crippen LogP contribution is -2.35. The molecule has 0 bridgehead atoms. The van der Waals surface area contributed by atoms with Crippen LogP contribution < -0.4 is 10.6 Å². The van der Waals surface area contributed by atoms with E-state index in [1.807, 2.05) is 19.1 Å². The number of para-hydroxylation sites is 1. The first-order chi connectivity index (χ1) is 13.4. The van der Waals surface area contributed by atoms with Gasteiger partial charge in [-0.1, -0.05) is 44.2 Å². The van der Waals surface area contributed by atoms with Crippen molar-refractivity contribution in [1.29, 1.82) is 0 Å². The highest BCUT2D eigenvalue weighted by atomic mass is 16.4. The largest absolute Gasteiger partial charge is 0.478 e. The molecule has 0 radical (unpaired) electrons.